The zero-order valence-electron chi connectivity index (χ0n) is 15.1. The molecule has 0 radical (unpaired) electrons. The summed E-state index contributed by atoms with van der Waals surface area (Å²) in [5, 5.41) is 9.80. The molecule has 0 bridgehead atoms. The van der Waals surface area contributed by atoms with Crippen molar-refractivity contribution in [2.45, 2.75) is 19.0 Å². The number of rotatable bonds is 5. The van der Waals surface area contributed by atoms with Gasteiger partial charge in [-0.3, -0.25) is 14.6 Å². The average molecular weight is 432 g/mol. The van der Waals surface area contributed by atoms with Crippen molar-refractivity contribution < 1.29 is 9.90 Å². The molecular formula is C20H25Cl3N2O2. The van der Waals surface area contributed by atoms with Gasteiger partial charge in [-0.15, -0.1) is 24.8 Å². The Morgan fingerprint density at radius 2 is 1.67 bits per heavy atom. The SMILES string of the molecule is CC1CN(C(c2ccccc2)c2ccc(Cl)cc2)CCN1CC(=O)O.Cl.Cl. The fraction of sp³-hybridized carbons (Fsp3) is 0.350. The Labute approximate surface area is 177 Å². The second kappa shape index (κ2) is 10.9. The van der Waals surface area contributed by atoms with Gasteiger partial charge in [0.05, 0.1) is 12.6 Å². The summed E-state index contributed by atoms with van der Waals surface area (Å²) in [6.45, 7) is 4.62. The molecule has 27 heavy (non-hydrogen) atoms. The summed E-state index contributed by atoms with van der Waals surface area (Å²) < 4.78 is 0. The topological polar surface area (TPSA) is 43.8 Å². The first-order valence-corrected chi connectivity index (χ1v) is 8.92. The lowest BCUT2D eigenvalue weighted by atomic mass is 9.95. The number of carboxylic acid groups (broad SMARTS) is 1. The van der Waals surface area contributed by atoms with E-state index in [1.165, 1.54) is 11.1 Å². The van der Waals surface area contributed by atoms with Crippen LogP contribution in [0.15, 0.2) is 54.6 Å². The van der Waals surface area contributed by atoms with Crippen LogP contribution < -0.4 is 0 Å². The number of carbonyl (C=O) groups is 1. The van der Waals surface area contributed by atoms with E-state index in [9.17, 15) is 4.79 Å². The molecular weight excluding hydrogens is 407 g/mol. The van der Waals surface area contributed by atoms with Crippen molar-refractivity contribution in [2.75, 3.05) is 26.2 Å². The van der Waals surface area contributed by atoms with Crippen LogP contribution in [0.3, 0.4) is 0 Å². The number of hydrogen-bond donors (Lipinski definition) is 1. The largest absolute Gasteiger partial charge is 0.480 e. The molecule has 2 aromatic carbocycles. The maximum absolute atomic E-state index is 11.0. The second-order valence-corrected chi connectivity index (χ2v) is 7.01. The molecule has 0 saturated carbocycles. The van der Waals surface area contributed by atoms with Crippen LogP contribution in [0.25, 0.3) is 0 Å². The average Bonchev–Trinajstić information content (AvgIpc) is 2.60. The van der Waals surface area contributed by atoms with Crippen molar-refractivity contribution in [3.63, 3.8) is 0 Å². The molecule has 2 aromatic rings. The van der Waals surface area contributed by atoms with Gasteiger partial charge in [-0.1, -0.05) is 54.1 Å². The number of piperazine rings is 1. The van der Waals surface area contributed by atoms with Gasteiger partial charge in [0.1, 0.15) is 0 Å². The highest BCUT2D eigenvalue weighted by Crippen LogP contribution is 2.31. The highest BCUT2D eigenvalue weighted by atomic mass is 35.5. The van der Waals surface area contributed by atoms with Gasteiger partial charge in [-0.05, 0) is 30.2 Å². The number of hydrogen-bond acceptors (Lipinski definition) is 3. The minimum atomic E-state index is -0.766. The smallest absolute Gasteiger partial charge is 0.317 e. The lowest BCUT2D eigenvalue weighted by Gasteiger charge is -2.43. The molecule has 2 unspecified atom stereocenters. The zero-order chi connectivity index (χ0) is 17.8. The molecule has 0 aliphatic carbocycles. The van der Waals surface area contributed by atoms with Gasteiger partial charge in [-0.2, -0.15) is 0 Å². The molecule has 3 rings (SSSR count). The highest BCUT2D eigenvalue weighted by molar-refractivity contribution is 6.30. The van der Waals surface area contributed by atoms with Gasteiger partial charge in [-0.25, -0.2) is 0 Å². The quantitative estimate of drug-likeness (QED) is 0.764. The van der Waals surface area contributed by atoms with Gasteiger partial charge in [0.2, 0.25) is 0 Å². The number of nitrogens with zero attached hydrogens (tertiary/aromatic N) is 2. The number of halogens is 3. The summed E-state index contributed by atoms with van der Waals surface area (Å²) in [7, 11) is 0. The first kappa shape index (κ1) is 23.7. The minimum Gasteiger partial charge on any atom is -0.480 e. The predicted molar refractivity (Wildman–Crippen MR) is 114 cm³/mol. The highest BCUT2D eigenvalue weighted by Gasteiger charge is 2.30. The van der Waals surface area contributed by atoms with E-state index >= 15 is 0 Å². The van der Waals surface area contributed by atoms with Crippen molar-refractivity contribution in [3.8, 4) is 0 Å². The summed E-state index contributed by atoms with van der Waals surface area (Å²) in [5.41, 5.74) is 2.44. The fourth-order valence-electron chi connectivity index (χ4n) is 3.56. The maximum atomic E-state index is 11.0. The monoisotopic (exact) mass is 430 g/mol. The lowest BCUT2D eigenvalue weighted by Crippen LogP contribution is -2.54. The van der Waals surface area contributed by atoms with Gasteiger partial charge in [0, 0.05) is 30.7 Å². The molecule has 148 valence electrons. The molecule has 4 nitrogen and oxygen atoms in total. The number of aliphatic carboxylic acids is 1. The van der Waals surface area contributed by atoms with E-state index in [2.05, 4.69) is 48.2 Å². The summed E-state index contributed by atoms with van der Waals surface area (Å²) in [6, 6.07) is 18.8. The fourth-order valence-corrected chi connectivity index (χ4v) is 3.69. The Bertz CT molecular complexity index is 713. The summed E-state index contributed by atoms with van der Waals surface area (Å²) in [6.07, 6.45) is 0. The number of benzene rings is 2. The van der Waals surface area contributed by atoms with Crippen LogP contribution in [0.2, 0.25) is 5.02 Å². The van der Waals surface area contributed by atoms with Crippen LogP contribution in [0, 0.1) is 0 Å². The van der Waals surface area contributed by atoms with Crippen molar-refractivity contribution in [1.29, 1.82) is 0 Å². The van der Waals surface area contributed by atoms with Gasteiger partial charge >= 0.3 is 5.97 Å². The first-order valence-electron chi connectivity index (χ1n) is 8.55. The predicted octanol–water partition coefficient (Wildman–Crippen LogP) is 4.36. The molecule has 1 heterocycles. The summed E-state index contributed by atoms with van der Waals surface area (Å²) >= 11 is 6.06. The molecule has 7 heteroatoms. The summed E-state index contributed by atoms with van der Waals surface area (Å²) in [4.78, 5) is 15.5. The molecule has 1 aliphatic heterocycles. The van der Waals surface area contributed by atoms with E-state index in [0.717, 1.165) is 24.7 Å². The Morgan fingerprint density at radius 3 is 2.22 bits per heavy atom. The van der Waals surface area contributed by atoms with Gasteiger partial charge < -0.3 is 5.11 Å². The normalized spacial score (nSPS) is 18.8. The first-order chi connectivity index (χ1) is 12.0. The molecule has 1 aliphatic rings. The Kier molecular flexibility index (Phi) is 9.57. The Morgan fingerprint density at radius 1 is 1.07 bits per heavy atom. The standard InChI is InChI=1S/C20H23ClN2O2.2ClH/c1-15-13-23(12-11-22(15)14-19(24)25)20(16-5-3-2-4-6-16)17-7-9-18(21)10-8-17;;/h2-10,15,20H,11-14H2,1H3,(H,24,25);2*1H. The molecule has 0 spiro atoms. The van der Waals surface area contributed by atoms with E-state index in [-0.39, 0.29) is 43.4 Å². The maximum Gasteiger partial charge on any atom is 0.317 e. The Hall–Kier alpha value is -1.30. The van der Waals surface area contributed by atoms with Crippen LogP contribution in [0.1, 0.15) is 24.1 Å². The second-order valence-electron chi connectivity index (χ2n) is 6.57. The minimum absolute atomic E-state index is 0. The molecule has 1 saturated heterocycles. The molecule has 0 aromatic heterocycles. The van der Waals surface area contributed by atoms with E-state index in [1.54, 1.807) is 0 Å². The molecule has 1 fully saturated rings. The Balaban J connectivity index is 0.00000182. The van der Waals surface area contributed by atoms with Crippen LogP contribution >= 0.6 is 36.4 Å². The lowest BCUT2D eigenvalue weighted by molar-refractivity contribution is -0.139. The van der Waals surface area contributed by atoms with E-state index in [4.69, 9.17) is 16.7 Å². The van der Waals surface area contributed by atoms with E-state index in [0.29, 0.717) is 0 Å². The van der Waals surface area contributed by atoms with E-state index < -0.39 is 5.97 Å². The zero-order valence-corrected chi connectivity index (χ0v) is 17.5. The van der Waals surface area contributed by atoms with Crippen LogP contribution in [-0.2, 0) is 4.79 Å². The van der Waals surface area contributed by atoms with Crippen molar-refractivity contribution in [3.05, 3.63) is 70.7 Å². The molecule has 0 amide bonds. The van der Waals surface area contributed by atoms with Crippen LogP contribution in [0.5, 0.6) is 0 Å². The van der Waals surface area contributed by atoms with Gasteiger partial charge in [0.25, 0.3) is 0 Å². The van der Waals surface area contributed by atoms with Gasteiger partial charge in [0.15, 0.2) is 0 Å². The van der Waals surface area contributed by atoms with Crippen molar-refractivity contribution in [1.82, 2.24) is 9.80 Å². The van der Waals surface area contributed by atoms with Crippen LogP contribution in [-0.4, -0.2) is 53.1 Å². The van der Waals surface area contributed by atoms with Crippen LogP contribution in [0.4, 0.5) is 0 Å². The van der Waals surface area contributed by atoms with Crippen molar-refractivity contribution >= 4 is 42.4 Å². The third kappa shape index (κ3) is 6.09. The summed E-state index contributed by atoms with van der Waals surface area (Å²) in [5.74, 6) is -0.766. The number of carboxylic acids is 1. The molecule has 2 atom stereocenters. The van der Waals surface area contributed by atoms with Crippen molar-refractivity contribution in [2.24, 2.45) is 0 Å². The third-order valence-corrected chi connectivity index (χ3v) is 5.05. The molecule has 1 N–H and O–H groups in total. The van der Waals surface area contributed by atoms with E-state index in [1.807, 2.05) is 23.1 Å². The third-order valence-electron chi connectivity index (χ3n) is 4.80.